The lowest BCUT2D eigenvalue weighted by molar-refractivity contribution is -0.116. The van der Waals surface area contributed by atoms with Gasteiger partial charge in [0.15, 0.2) is 5.70 Å². The molecule has 14 heavy (non-hydrogen) atoms. The van der Waals surface area contributed by atoms with Crippen molar-refractivity contribution >= 4 is 18.2 Å². The summed E-state index contributed by atoms with van der Waals surface area (Å²) >= 11 is 0. The average molecular weight is 193 g/mol. The summed E-state index contributed by atoms with van der Waals surface area (Å²) in [5.41, 5.74) is 2.63. The second kappa shape index (κ2) is 4.99. The average Bonchev–Trinajstić information content (AvgIpc) is 2.58. The Morgan fingerprint density at radius 3 is 3.14 bits per heavy atom. The Balaban J connectivity index is 2.57. The lowest BCUT2D eigenvalue weighted by atomic mass is 10.4. The van der Waals surface area contributed by atoms with Crippen molar-refractivity contribution in [2.75, 3.05) is 6.54 Å². The van der Waals surface area contributed by atoms with Crippen molar-refractivity contribution in [1.82, 2.24) is 10.6 Å². The first-order chi connectivity index (χ1) is 6.74. The van der Waals surface area contributed by atoms with Crippen molar-refractivity contribution in [3.8, 4) is 0 Å². The highest BCUT2D eigenvalue weighted by Gasteiger charge is 2.10. The van der Waals surface area contributed by atoms with Gasteiger partial charge in [-0.05, 0) is 6.42 Å². The molecule has 2 N–H and O–H groups in total. The molecular formula is C9H11N3O2. The molecule has 1 heterocycles. The highest BCUT2D eigenvalue weighted by atomic mass is 16.2. The van der Waals surface area contributed by atoms with E-state index >= 15 is 0 Å². The van der Waals surface area contributed by atoms with E-state index in [1.54, 1.807) is 0 Å². The van der Waals surface area contributed by atoms with E-state index in [9.17, 15) is 9.59 Å². The summed E-state index contributed by atoms with van der Waals surface area (Å²) in [5.74, 6) is -0.612. The Hall–Kier alpha value is -1.87. The van der Waals surface area contributed by atoms with Crippen molar-refractivity contribution in [2.24, 2.45) is 4.99 Å². The smallest absolute Gasteiger partial charge is 0.283 e. The largest absolute Gasteiger partial charge is 0.352 e. The molecule has 1 rings (SSSR count). The quantitative estimate of drug-likeness (QED) is 0.477. The van der Waals surface area contributed by atoms with Gasteiger partial charge in [-0.2, -0.15) is 0 Å². The summed E-state index contributed by atoms with van der Waals surface area (Å²) < 4.78 is 0. The summed E-state index contributed by atoms with van der Waals surface area (Å²) in [6, 6.07) is 0. The summed E-state index contributed by atoms with van der Waals surface area (Å²) in [4.78, 5) is 25.6. The van der Waals surface area contributed by atoms with Crippen LogP contribution in [0.3, 0.4) is 0 Å². The number of amides is 2. The van der Waals surface area contributed by atoms with Gasteiger partial charge in [0.05, 0.1) is 6.34 Å². The third-order valence-electron chi connectivity index (χ3n) is 1.49. The highest BCUT2D eigenvalue weighted by Crippen LogP contribution is 1.97. The molecule has 0 radical (unpaired) electrons. The van der Waals surface area contributed by atoms with Gasteiger partial charge in [0.1, 0.15) is 0 Å². The van der Waals surface area contributed by atoms with Gasteiger partial charge in [0.2, 0.25) is 0 Å². The number of rotatable bonds is 3. The number of nitrogens with one attached hydrogen (secondary N) is 2. The number of hydrogen-bond donors (Lipinski definition) is 2. The number of aliphatic imine (C=N–C) groups is 1. The predicted molar refractivity (Wildman–Crippen MR) is 51.5 cm³/mol. The Morgan fingerprint density at radius 1 is 1.79 bits per heavy atom. The van der Waals surface area contributed by atoms with Gasteiger partial charge in [0.25, 0.3) is 11.8 Å². The minimum atomic E-state index is -0.343. The summed E-state index contributed by atoms with van der Waals surface area (Å²) in [6.45, 7) is 2.57. The van der Waals surface area contributed by atoms with Gasteiger partial charge in [0, 0.05) is 12.6 Å². The number of nitrogens with zero attached hydrogens (tertiary/aromatic N) is 1. The van der Waals surface area contributed by atoms with Gasteiger partial charge in [-0.25, -0.2) is 4.99 Å². The van der Waals surface area contributed by atoms with Crippen LogP contribution in [0.2, 0.25) is 0 Å². The van der Waals surface area contributed by atoms with Crippen LogP contribution < -0.4 is 10.6 Å². The maximum Gasteiger partial charge on any atom is 0.283 e. The number of carbonyl (C=O) groups is 2. The van der Waals surface area contributed by atoms with Gasteiger partial charge >= 0.3 is 0 Å². The second-order valence-corrected chi connectivity index (χ2v) is 2.66. The van der Waals surface area contributed by atoms with Crippen molar-refractivity contribution in [3.05, 3.63) is 17.5 Å². The molecule has 1 aliphatic heterocycles. The van der Waals surface area contributed by atoms with E-state index in [-0.39, 0.29) is 17.5 Å². The van der Waals surface area contributed by atoms with E-state index < -0.39 is 0 Å². The molecule has 0 bridgehead atoms. The van der Waals surface area contributed by atoms with E-state index in [0.29, 0.717) is 6.54 Å². The zero-order valence-electron chi connectivity index (χ0n) is 7.83. The first kappa shape index (κ1) is 10.2. The molecule has 0 aromatic carbocycles. The van der Waals surface area contributed by atoms with Crippen LogP contribution in [-0.4, -0.2) is 24.7 Å². The number of hydrogen-bond acceptors (Lipinski definition) is 3. The summed E-state index contributed by atoms with van der Waals surface area (Å²) in [7, 11) is 0. The van der Waals surface area contributed by atoms with Crippen LogP contribution in [-0.2, 0) is 9.59 Å². The molecule has 0 aliphatic carbocycles. The van der Waals surface area contributed by atoms with Crippen LogP contribution in [0.5, 0.6) is 0 Å². The lowest BCUT2D eigenvalue weighted by Crippen LogP contribution is -2.21. The zero-order chi connectivity index (χ0) is 10.4. The molecule has 0 saturated heterocycles. The zero-order valence-corrected chi connectivity index (χ0v) is 7.83. The summed E-state index contributed by atoms with van der Waals surface area (Å²) in [6.07, 6.45) is 3.31. The van der Waals surface area contributed by atoms with Crippen LogP contribution in [0.15, 0.2) is 22.5 Å². The van der Waals surface area contributed by atoms with Crippen LogP contribution in [0.4, 0.5) is 0 Å². The topological polar surface area (TPSA) is 70.6 Å². The van der Waals surface area contributed by atoms with E-state index in [0.717, 1.165) is 6.42 Å². The minimum absolute atomic E-state index is 0.122. The molecule has 2 amide bonds. The highest BCUT2D eigenvalue weighted by molar-refractivity contribution is 6.05. The molecule has 1 aliphatic rings. The fraction of sp³-hybridized carbons (Fsp3) is 0.333. The number of carbonyl (C=O) groups excluding carboxylic acids is 2. The van der Waals surface area contributed by atoms with Gasteiger partial charge < -0.3 is 10.6 Å². The lowest BCUT2D eigenvalue weighted by Gasteiger charge is -1.95. The third kappa shape index (κ3) is 2.88. The Labute approximate surface area is 81.6 Å². The van der Waals surface area contributed by atoms with E-state index in [4.69, 9.17) is 0 Å². The molecular weight excluding hydrogens is 182 g/mol. The molecule has 0 spiro atoms. The molecule has 0 atom stereocenters. The maximum atomic E-state index is 11.0. The molecule has 0 aromatic rings. The molecule has 5 nitrogen and oxygen atoms in total. The molecule has 0 saturated carbocycles. The van der Waals surface area contributed by atoms with E-state index in [1.165, 1.54) is 12.4 Å². The van der Waals surface area contributed by atoms with E-state index in [1.807, 2.05) is 6.92 Å². The monoisotopic (exact) mass is 193 g/mol. The third-order valence-corrected chi connectivity index (χ3v) is 1.49. The van der Waals surface area contributed by atoms with Crippen molar-refractivity contribution in [3.63, 3.8) is 0 Å². The SMILES string of the molecule is CCCNC(=O)C=C=C1N=CNC1=O. The van der Waals surface area contributed by atoms with Gasteiger partial charge in [-0.15, -0.1) is 0 Å². The van der Waals surface area contributed by atoms with Crippen LogP contribution in [0.25, 0.3) is 0 Å². The van der Waals surface area contributed by atoms with Crippen LogP contribution >= 0.6 is 0 Å². The first-order valence-corrected chi connectivity index (χ1v) is 4.32. The molecule has 5 heteroatoms. The van der Waals surface area contributed by atoms with Crippen molar-refractivity contribution in [2.45, 2.75) is 13.3 Å². The Bertz CT molecular complexity index is 338. The predicted octanol–water partition coefficient (Wildman–Crippen LogP) is -0.290. The standard InChI is InChI=1S/C9H11N3O2/c1-2-5-10-8(13)4-3-7-9(14)12-6-11-7/h4,6H,2,5H2,1H3,(H,10,13)(H,11,12,14). The van der Waals surface area contributed by atoms with Gasteiger partial charge in [-0.3, -0.25) is 9.59 Å². The molecule has 0 aromatic heterocycles. The fourth-order valence-corrected chi connectivity index (χ4v) is 0.818. The van der Waals surface area contributed by atoms with Crippen molar-refractivity contribution in [1.29, 1.82) is 0 Å². The fourth-order valence-electron chi connectivity index (χ4n) is 0.818. The normalized spacial score (nSPS) is 13.5. The molecule has 0 unspecified atom stereocenters. The van der Waals surface area contributed by atoms with Gasteiger partial charge in [-0.1, -0.05) is 12.7 Å². The maximum absolute atomic E-state index is 11.0. The molecule has 74 valence electrons. The minimum Gasteiger partial charge on any atom is -0.352 e. The Kier molecular flexibility index (Phi) is 3.64. The van der Waals surface area contributed by atoms with Crippen LogP contribution in [0.1, 0.15) is 13.3 Å². The second-order valence-electron chi connectivity index (χ2n) is 2.66. The Morgan fingerprint density at radius 2 is 2.57 bits per heavy atom. The summed E-state index contributed by atoms with van der Waals surface area (Å²) in [5, 5.41) is 4.97. The molecule has 0 fully saturated rings. The van der Waals surface area contributed by atoms with E-state index in [2.05, 4.69) is 21.4 Å². The van der Waals surface area contributed by atoms with Crippen LogP contribution in [0, 0.1) is 0 Å². The van der Waals surface area contributed by atoms with Crippen molar-refractivity contribution < 1.29 is 9.59 Å². The first-order valence-electron chi connectivity index (χ1n) is 4.32.